The Hall–Kier alpha value is 0.0300. The van der Waals surface area contributed by atoms with Crippen molar-refractivity contribution in [2.24, 2.45) is 0 Å². The topological polar surface area (TPSA) is 43.8 Å². The zero-order valence-corrected chi connectivity index (χ0v) is 7.51. The molecular formula is C6H14N2O2S. The molecule has 1 rings (SSSR count). The summed E-state index contributed by atoms with van der Waals surface area (Å²) in [4.78, 5) is 0. The highest BCUT2D eigenvalue weighted by molar-refractivity contribution is 7.76. The van der Waals surface area contributed by atoms with Crippen LogP contribution in [0.25, 0.3) is 0 Å². The van der Waals surface area contributed by atoms with Gasteiger partial charge in [0.2, 0.25) is 11.3 Å². The molecule has 1 N–H and O–H groups in total. The molecule has 1 fully saturated rings. The molecule has 0 radical (unpaired) electrons. The summed E-state index contributed by atoms with van der Waals surface area (Å²) in [6.45, 7) is 1.81. The van der Waals surface area contributed by atoms with Crippen molar-refractivity contribution in [1.29, 1.82) is 0 Å². The van der Waals surface area contributed by atoms with Gasteiger partial charge in [-0.15, -0.1) is 4.41 Å². The third kappa shape index (κ3) is 2.52. The maximum Gasteiger partial charge on any atom is 0.248 e. The molecule has 1 aliphatic heterocycles. The maximum absolute atomic E-state index is 10.6. The lowest BCUT2D eigenvalue weighted by atomic mass is 10.2. The van der Waals surface area contributed by atoms with Gasteiger partial charge >= 0.3 is 0 Å². The predicted octanol–water partition coefficient (Wildman–Crippen LogP) is 0.456. The molecule has 1 aliphatic rings. The van der Waals surface area contributed by atoms with Crippen LogP contribution < -0.4 is 0 Å². The standard InChI is InChI=1S/C6H14N2O2S/c1-7(11(9)10)8-5-3-2-4-6-8/h2-6H2,1H3,(H,9,10). The second-order valence-electron chi connectivity index (χ2n) is 2.71. The van der Waals surface area contributed by atoms with Crippen LogP contribution in [0.15, 0.2) is 0 Å². The van der Waals surface area contributed by atoms with Gasteiger partial charge in [-0.1, -0.05) is 6.42 Å². The fourth-order valence-corrected chi connectivity index (χ4v) is 1.62. The number of rotatable bonds is 2. The van der Waals surface area contributed by atoms with Crippen LogP contribution in [0.5, 0.6) is 0 Å². The molecule has 1 saturated heterocycles. The maximum atomic E-state index is 10.6. The van der Waals surface area contributed by atoms with E-state index in [1.54, 1.807) is 7.05 Å². The van der Waals surface area contributed by atoms with Gasteiger partial charge in [-0.2, -0.15) is 0 Å². The number of hydrogen-bond acceptors (Lipinski definition) is 2. The first-order valence-corrected chi connectivity index (χ1v) is 4.88. The van der Waals surface area contributed by atoms with Gasteiger partial charge in [-0.3, -0.25) is 4.55 Å². The molecule has 5 heteroatoms. The summed E-state index contributed by atoms with van der Waals surface area (Å²) in [7, 11) is 1.64. The van der Waals surface area contributed by atoms with Crippen molar-refractivity contribution in [3.8, 4) is 0 Å². The molecule has 4 nitrogen and oxygen atoms in total. The van der Waals surface area contributed by atoms with Gasteiger partial charge in [0.15, 0.2) is 0 Å². The van der Waals surface area contributed by atoms with E-state index in [-0.39, 0.29) is 0 Å². The summed E-state index contributed by atoms with van der Waals surface area (Å²) in [5.74, 6) is 0. The molecule has 1 heterocycles. The lowest BCUT2D eigenvalue weighted by Crippen LogP contribution is -2.43. The Morgan fingerprint density at radius 2 is 1.91 bits per heavy atom. The highest BCUT2D eigenvalue weighted by atomic mass is 32.2. The molecule has 0 saturated carbocycles. The average Bonchev–Trinajstić information content (AvgIpc) is 2.05. The highest BCUT2D eigenvalue weighted by Gasteiger charge is 2.17. The first-order valence-electron chi connectivity index (χ1n) is 3.81. The van der Waals surface area contributed by atoms with E-state index in [2.05, 4.69) is 0 Å². The minimum Gasteiger partial charge on any atom is -0.293 e. The Labute approximate surface area is 69.6 Å². The van der Waals surface area contributed by atoms with E-state index in [9.17, 15) is 4.21 Å². The van der Waals surface area contributed by atoms with Crippen molar-refractivity contribution in [1.82, 2.24) is 9.42 Å². The number of nitrogens with zero attached hydrogens (tertiary/aromatic N) is 2. The van der Waals surface area contributed by atoms with Gasteiger partial charge in [0.1, 0.15) is 0 Å². The van der Waals surface area contributed by atoms with E-state index < -0.39 is 11.3 Å². The molecule has 11 heavy (non-hydrogen) atoms. The second kappa shape index (κ2) is 4.15. The van der Waals surface area contributed by atoms with Crippen LogP contribution in [0.1, 0.15) is 19.3 Å². The van der Waals surface area contributed by atoms with Crippen molar-refractivity contribution in [3.63, 3.8) is 0 Å². The van der Waals surface area contributed by atoms with E-state index >= 15 is 0 Å². The lowest BCUT2D eigenvalue weighted by molar-refractivity contribution is 0.0595. The first kappa shape index (κ1) is 9.12. The third-order valence-electron chi connectivity index (χ3n) is 1.96. The monoisotopic (exact) mass is 178 g/mol. The zero-order chi connectivity index (χ0) is 8.27. The molecule has 0 aromatic rings. The molecule has 1 unspecified atom stereocenters. The molecule has 1 atom stereocenters. The quantitative estimate of drug-likeness (QED) is 0.625. The summed E-state index contributed by atoms with van der Waals surface area (Å²) in [6, 6.07) is 0. The minimum absolute atomic E-state index is 0.906. The molecule has 0 aliphatic carbocycles. The van der Waals surface area contributed by atoms with E-state index in [4.69, 9.17) is 4.55 Å². The molecule has 0 amide bonds. The molecule has 0 aromatic heterocycles. The Morgan fingerprint density at radius 3 is 2.36 bits per heavy atom. The largest absolute Gasteiger partial charge is 0.293 e. The molecule has 0 bridgehead atoms. The van der Waals surface area contributed by atoms with Gasteiger partial charge in [0.05, 0.1) is 0 Å². The number of piperidine rings is 1. The van der Waals surface area contributed by atoms with Gasteiger partial charge in [-0.05, 0) is 12.8 Å². The van der Waals surface area contributed by atoms with Crippen molar-refractivity contribution in [2.75, 3.05) is 20.1 Å². The Morgan fingerprint density at radius 1 is 1.36 bits per heavy atom. The highest BCUT2D eigenvalue weighted by Crippen LogP contribution is 2.10. The van der Waals surface area contributed by atoms with Crippen LogP contribution in [0.4, 0.5) is 0 Å². The van der Waals surface area contributed by atoms with Crippen molar-refractivity contribution < 1.29 is 8.76 Å². The second-order valence-corrected chi connectivity index (χ2v) is 3.70. The summed E-state index contributed by atoms with van der Waals surface area (Å²) < 4.78 is 20.7. The summed E-state index contributed by atoms with van der Waals surface area (Å²) in [6.07, 6.45) is 3.49. The molecule has 0 aromatic carbocycles. The number of hydrogen-bond donors (Lipinski definition) is 1. The summed E-state index contributed by atoms with van der Waals surface area (Å²) in [5.41, 5.74) is 0. The van der Waals surface area contributed by atoms with E-state index in [0.717, 1.165) is 25.9 Å². The smallest absolute Gasteiger partial charge is 0.248 e. The molecular weight excluding hydrogens is 164 g/mol. The summed E-state index contributed by atoms with van der Waals surface area (Å²) >= 11 is -1.85. The van der Waals surface area contributed by atoms with Crippen LogP contribution in [0.3, 0.4) is 0 Å². The van der Waals surface area contributed by atoms with Gasteiger partial charge in [0.25, 0.3) is 0 Å². The Kier molecular flexibility index (Phi) is 3.45. The number of hydrazine groups is 1. The van der Waals surface area contributed by atoms with Crippen molar-refractivity contribution in [3.05, 3.63) is 0 Å². The van der Waals surface area contributed by atoms with E-state index in [1.165, 1.54) is 10.8 Å². The zero-order valence-electron chi connectivity index (χ0n) is 6.69. The van der Waals surface area contributed by atoms with Crippen LogP contribution in [-0.2, 0) is 11.3 Å². The normalized spacial score (nSPS) is 23.9. The van der Waals surface area contributed by atoms with Crippen LogP contribution in [0, 0.1) is 0 Å². The average molecular weight is 178 g/mol. The lowest BCUT2D eigenvalue weighted by Gasteiger charge is -2.31. The summed E-state index contributed by atoms with van der Waals surface area (Å²) in [5, 5.41) is 1.92. The van der Waals surface area contributed by atoms with E-state index in [1.807, 2.05) is 5.01 Å². The van der Waals surface area contributed by atoms with E-state index in [0.29, 0.717) is 0 Å². The Bertz CT molecular complexity index is 148. The fraction of sp³-hybridized carbons (Fsp3) is 1.00. The minimum atomic E-state index is -1.85. The SMILES string of the molecule is CN(N1CCCCC1)S(=O)O. The molecule has 0 spiro atoms. The third-order valence-corrected chi connectivity index (χ3v) is 2.64. The molecule has 66 valence electrons. The first-order chi connectivity index (χ1) is 5.22. The van der Waals surface area contributed by atoms with Crippen LogP contribution in [0.2, 0.25) is 0 Å². The van der Waals surface area contributed by atoms with Gasteiger partial charge < -0.3 is 0 Å². The Balaban J connectivity index is 2.38. The van der Waals surface area contributed by atoms with Gasteiger partial charge in [-0.25, -0.2) is 9.22 Å². The van der Waals surface area contributed by atoms with Crippen LogP contribution in [-0.4, -0.2) is 38.3 Å². The van der Waals surface area contributed by atoms with Crippen molar-refractivity contribution in [2.45, 2.75) is 19.3 Å². The fourth-order valence-electron chi connectivity index (χ4n) is 1.26. The van der Waals surface area contributed by atoms with Crippen molar-refractivity contribution >= 4 is 11.3 Å². The van der Waals surface area contributed by atoms with Gasteiger partial charge in [0, 0.05) is 20.1 Å². The van der Waals surface area contributed by atoms with Crippen LogP contribution >= 0.6 is 0 Å². The predicted molar refractivity (Wildman–Crippen MR) is 44.0 cm³/mol.